The molecule has 0 saturated carbocycles. The van der Waals surface area contributed by atoms with Crippen LogP contribution in [0.4, 0.5) is 5.69 Å². The number of aliphatic hydroxyl groups excluding tert-OH is 4. The lowest BCUT2D eigenvalue weighted by Crippen LogP contribution is -2.55. The van der Waals surface area contributed by atoms with Crippen molar-refractivity contribution in [2.24, 2.45) is 0 Å². The van der Waals surface area contributed by atoms with Gasteiger partial charge in [0.1, 0.15) is 30.5 Å². The Kier molecular flexibility index (Phi) is 5.87. The predicted octanol–water partition coefficient (Wildman–Crippen LogP) is 2.05. The van der Waals surface area contributed by atoms with Crippen LogP contribution in [-0.4, -0.2) is 58.5 Å². The first-order valence-electron chi connectivity index (χ1n) is 9.60. The van der Waals surface area contributed by atoms with Gasteiger partial charge in [0, 0.05) is 34.3 Å². The van der Waals surface area contributed by atoms with E-state index in [9.17, 15) is 20.4 Å². The van der Waals surface area contributed by atoms with E-state index in [2.05, 4.69) is 23.5 Å². The monoisotopic (exact) mass is 415 g/mol. The van der Waals surface area contributed by atoms with Gasteiger partial charge in [0.05, 0.1) is 6.61 Å². The molecule has 5 N–H and O–H groups in total. The lowest BCUT2D eigenvalue weighted by molar-refractivity contribution is -0.231. The summed E-state index contributed by atoms with van der Waals surface area (Å²) < 4.78 is 7.00. The van der Waals surface area contributed by atoms with Gasteiger partial charge in [-0.25, -0.2) is 0 Å². The Labute approximate surface area is 173 Å². The van der Waals surface area contributed by atoms with Crippen LogP contribution in [0.5, 0.6) is 0 Å². The number of hydrogen-bond donors (Lipinski definition) is 5. The van der Waals surface area contributed by atoms with Gasteiger partial charge in [0.15, 0.2) is 0 Å². The van der Waals surface area contributed by atoms with Crippen LogP contribution in [0.2, 0.25) is 0 Å². The molecule has 1 aromatic heterocycles. The molecule has 29 heavy (non-hydrogen) atoms. The average molecular weight is 416 g/mol. The number of anilines is 1. The maximum absolute atomic E-state index is 10.5. The third-order valence-electron chi connectivity index (χ3n) is 5.44. The molecule has 3 aromatic rings. The first kappa shape index (κ1) is 20.3. The molecular formula is C22H25NO5S. The van der Waals surface area contributed by atoms with Crippen LogP contribution < -0.4 is 5.32 Å². The largest absolute Gasteiger partial charge is 0.394 e. The fourth-order valence-corrected chi connectivity index (χ4v) is 4.97. The van der Waals surface area contributed by atoms with Crippen LogP contribution in [-0.2, 0) is 11.2 Å². The SMILES string of the molecule is CNc1ccc(Cc2cc3ccccc3s2)cc1[C@@H]1O[C@H](CO)[C@@H](O)[C@H](O)[C@H]1O. The number of nitrogens with one attached hydrogen (secondary N) is 1. The topological polar surface area (TPSA) is 102 Å². The van der Waals surface area contributed by atoms with Crippen molar-refractivity contribution in [2.75, 3.05) is 19.0 Å². The zero-order valence-corrected chi connectivity index (χ0v) is 16.8. The molecule has 1 fully saturated rings. The highest BCUT2D eigenvalue weighted by molar-refractivity contribution is 7.19. The summed E-state index contributed by atoms with van der Waals surface area (Å²) in [5.74, 6) is 0. The van der Waals surface area contributed by atoms with E-state index in [4.69, 9.17) is 4.74 Å². The second-order valence-corrected chi connectivity index (χ2v) is 8.52. The van der Waals surface area contributed by atoms with Gasteiger partial charge < -0.3 is 30.5 Å². The van der Waals surface area contributed by atoms with Crippen LogP contribution in [0.25, 0.3) is 10.1 Å². The summed E-state index contributed by atoms with van der Waals surface area (Å²) in [6.07, 6.45) is -5.15. The molecule has 1 saturated heterocycles. The van der Waals surface area contributed by atoms with Crippen LogP contribution in [0, 0.1) is 0 Å². The van der Waals surface area contributed by atoms with E-state index in [1.54, 1.807) is 18.4 Å². The summed E-state index contributed by atoms with van der Waals surface area (Å²) in [6, 6.07) is 16.3. The Morgan fingerprint density at radius 2 is 1.79 bits per heavy atom. The second-order valence-electron chi connectivity index (χ2n) is 7.35. The van der Waals surface area contributed by atoms with Crippen molar-refractivity contribution in [1.29, 1.82) is 0 Å². The van der Waals surface area contributed by atoms with E-state index in [-0.39, 0.29) is 0 Å². The van der Waals surface area contributed by atoms with Gasteiger partial charge in [0.2, 0.25) is 0 Å². The Bertz CT molecular complexity index is 955. The van der Waals surface area contributed by atoms with Crippen LogP contribution in [0.1, 0.15) is 22.1 Å². The van der Waals surface area contributed by atoms with Gasteiger partial charge >= 0.3 is 0 Å². The summed E-state index contributed by atoms with van der Waals surface area (Å²) in [7, 11) is 1.77. The predicted molar refractivity (Wildman–Crippen MR) is 113 cm³/mol. The number of aliphatic hydroxyl groups is 4. The van der Waals surface area contributed by atoms with Crippen LogP contribution in [0.15, 0.2) is 48.5 Å². The molecule has 7 heteroatoms. The van der Waals surface area contributed by atoms with E-state index in [0.29, 0.717) is 5.56 Å². The van der Waals surface area contributed by atoms with Crippen LogP contribution in [0.3, 0.4) is 0 Å². The van der Waals surface area contributed by atoms with E-state index in [0.717, 1.165) is 17.7 Å². The first-order valence-corrected chi connectivity index (χ1v) is 10.4. The van der Waals surface area contributed by atoms with Gasteiger partial charge in [-0.1, -0.05) is 30.3 Å². The number of ether oxygens (including phenoxy) is 1. The maximum atomic E-state index is 10.5. The summed E-state index contributed by atoms with van der Waals surface area (Å²) in [5.41, 5.74) is 2.49. The van der Waals surface area contributed by atoms with Crippen molar-refractivity contribution in [2.45, 2.75) is 36.9 Å². The van der Waals surface area contributed by atoms with E-state index in [1.165, 1.54) is 15.0 Å². The van der Waals surface area contributed by atoms with Crippen LogP contribution >= 0.6 is 11.3 Å². The molecule has 0 radical (unpaired) electrons. The molecule has 0 aliphatic carbocycles. The average Bonchev–Trinajstić information content (AvgIpc) is 3.14. The number of benzene rings is 2. The fraction of sp³-hybridized carbons (Fsp3) is 0.364. The van der Waals surface area contributed by atoms with E-state index < -0.39 is 37.1 Å². The summed E-state index contributed by atoms with van der Waals surface area (Å²) >= 11 is 1.75. The third-order valence-corrected chi connectivity index (χ3v) is 6.56. The molecule has 154 valence electrons. The third kappa shape index (κ3) is 3.90. The molecule has 0 unspecified atom stereocenters. The number of fused-ring (bicyclic) bond motifs is 1. The number of rotatable bonds is 5. The van der Waals surface area contributed by atoms with Gasteiger partial charge in [-0.3, -0.25) is 0 Å². The molecule has 2 aromatic carbocycles. The fourth-order valence-electron chi connectivity index (χ4n) is 3.87. The molecule has 4 rings (SSSR count). The molecular weight excluding hydrogens is 390 g/mol. The van der Waals surface area contributed by atoms with Gasteiger partial charge in [-0.2, -0.15) is 0 Å². The lowest BCUT2D eigenvalue weighted by Gasteiger charge is -2.40. The maximum Gasteiger partial charge on any atom is 0.114 e. The van der Waals surface area contributed by atoms with Crippen molar-refractivity contribution >= 4 is 27.1 Å². The molecule has 0 spiro atoms. The summed E-state index contributed by atoms with van der Waals surface area (Å²) in [4.78, 5) is 1.23. The van der Waals surface area contributed by atoms with Crippen molar-refractivity contribution in [3.8, 4) is 0 Å². The highest BCUT2D eigenvalue weighted by Gasteiger charge is 2.44. The minimum Gasteiger partial charge on any atom is -0.394 e. The van der Waals surface area contributed by atoms with Crippen molar-refractivity contribution in [1.82, 2.24) is 0 Å². The molecule has 2 heterocycles. The van der Waals surface area contributed by atoms with Gasteiger partial charge in [-0.05, 0) is 29.1 Å². The highest BCUT2D eigenvalue weighted by atomic mass is 32.1. The van der Waals surface area contributed by atoms with Crippen molar-refractivity contribution in [3.05, 3.63) is 64.5 Å². The smallest absolute Gasteiger partial charge is 0.114 e. The molecule has 6 nitrogen and oxygen atoms in total. The summed E-state index contributed by atoms with van der Waals surface area (Å²) in [5, 5.41) is 44.5. The zero-order valence-electron chi connectivity index (χ0n) is 16.0. The lowest BCUT2D eigenvalue weighted by atomic mass is 9.89. The highest BCUT2D eigenvalue weighted by Crippen LogP contribution is 2.37. The normalized spacial score (nSPS) is 27.3. The minimum absolute atomic E-state index is 0.447. The van der Waals surface area contributed by atoms with E-state index >= 15 is 0 Å². The Morgan fingerprint density at radius 3 is 2.52 bits per heavy atom. The Morgan fingerprint density at radius 1 is 1.00 bits per heavy atom. The Balaban J connectivity index is 1.66. The molecule has 1 aliphatic rings. The second kappa shape index (κ2) is 8.39. The van der Waals surface area contributed by atoms with Crippen molar-refractivity contribution < 1.29 is 25.2 Å². The van der Waals surface area contributed by atoms with Gasteiger partial charge in [-0.15, -0.1) is 11.3 Å². The minimum atomic E-state index is -1.40. The molecule has 1 aliphatic heterocycles. The number of hydrogen-bond acceptors (Lipinski definition) is 7. The molecule has 0 bridgehead atoms. The number of thiophene rings is 1. The molecule has 5 atom stereocenters. The van der Waals surface area contributed by atoms with Crippen molar-refractivity contribution in [3.63, 3.8) is 0 Å². The zero-order chi connectivity index (χ0) is 20.5. The quantitative estimate of drug-likeness (QED) is 0.437. The summed E-state index contributed by atoms with van der Waals surface area (Å²) in [6.45, 7) is -0.447. The standard InChI is InChI=1S/C22H25NO5S/c1-23-16-7-6-12(8-14-10-13-4-2-3-5-18(13)29-14)9-15(16)22-21(27)20(26)19(25)17(11-24)28-22/h2-7,9-10,17,19-27H,8,11H2,1H3/t17-,19-,20+,21-,22+/m1/s1. The van der Waals surface area contributed by atoms with Gasteiger partial charge in [0.25, 0.3) is 0 Å². The van der Waals surface area contributed by atoms with E-state index in [1.807, 2.05) is 30.3 Å². The molecule has 0 amide bonds. The Hall–Kier alpha value is -2.00. The first-order chi connectivity index (χ1) is 14.0.